The Morgan fingerprint density at radius 3 is 2.75 bits per heavy atom. The molecule has 0 aliphatic carbocycles. The normalized spacial score (nSPS) is 13.6. The van der Waals surface area contributed by atoms with Gasteiger partial charge in [-0.05, 0) is 48.9 Å². The Kier molecular flexibility index (Phi) is 4.80. The Morgan fingerprint density at radius 2 is 2.04 bits per heavy atom. The van der Waals surface area contributed by atoms with Crippen LogP contribution in [-0.4, -0.2) is 35.7 Å². The first-order valence-corrected chi connectivity index (χ1v) is 9.05. The molecule has 2 amide bonds. The van der Waals surface area contributed by atoms with Gasteiger partial charge in [0.15, 0.2) is 0 Å². The molecule has 1 fully saturated rings. The number of aromatic nitrogens is 2. The molecule has 1 aliphatic heterocycles. The predicted molar refractivity (Wildman–Crippen MR) is 107 cm³/mol. The summed E-state index contributed by atoms with van der Waals surface area (Å²) in [5.74, 6) is 0.576. The second-order valence-corrected chi connectivity index (χ2v) is 6.54. The molecule has 4 rings (SSSR count). The third-order valence-corrected chi connectivity index (χ3v) is 4.75. The van der Waals surface area contributed by atoms with Crippen LogP contribution in [0.1, 0.15) is 23.2 Å². The molecule has 1 aromatic heterocycles. The Balaban J connectivity index is 1.55. The number of rotatable bonds is 5. The summed E-state index contributed by atoms with van der Waals surface area (Å²) < 4.78 is 5.17. The number of ether oxygens (including phenoxy) is 1. The highest BCUT2D eigenvalue weighted by Gasteiger charge is 2.22. The molecule has 1 saturated heterocycles. The monoisotopic (exact) mass is 376 g/mol. The molecule has 1 aliphatic rings. The van der Waals surface area contributed by atoms with E-state index in [0.717, 1.165) is 23.4 Å². The highest BCUT2D eigenvalue weighted by molar-refractivity contribution is 6.08. The van der Waals surface area contributed by atoms with Crippen LogP contribution in [0.15, 0.2) is 54.7 Å². The van der Waals surface area contributed by atoms with Crippen LogP contribution in [0.5, 0.6) is 5.75 Å². The number of anilines is 2. The smallest absolute Gasteiger partial charge is 0.259 e. The fraction of sp³-hybridized carbons (Fsp3) is 0.190. The summed E-state index contributed by atoms with van der Waals surface area (Å²) in [6.45, 7) is 0.708. The minimum Gasteiger partial charge on any atom is -0.497 e. The highest BCUT2D eigenvalue weighted by atomic mass is 16.5. The van der Waals surface area contributed by atoms with Gasteiger partial charge < -0.3 is 15.0 Å². The summed E-state index contributed by atoms with van der Waals surface area (Å²) in [6, 6.07) is 14.7. The number of H-pyrrole nitrogens is 1. The largest absolute Gasteiger partial charge is 0.497 e. The maximum absolute atomic E-state index is 12.8. The third kappa shape index (κ3) is 3.46. The Bertz CT molecular complexity index is 1010. The summed E-state index contributed by atoms with van der Waals surface area (Å²) in [5, 5.41) is 9.80. The molecule has 2 N–H and O–H groups in total. The molecule has 0 spiro atoms. The number of methoxy groups -OCH3 is 1. The van der Waals surface area contributed by atoms with E-state index in [1.54, 1.807) is 18.1 Å². The van der Waals surface area contributed by atoms with Gasteiger partial charge in [-0.1, -0.05) is 6.07 Å². The number of nitrogens with one attached hydrogen (secondary N) is 2. The molecule has 0 saturated carbocycles. The van der Waals surface area contributed by atoms with Crippen molar-refractivity contribution in [3.05, 3.63) is 60.3 Å². The lowest BCUT2D eigenvalue weighted by Crippen LogP contribution is -2.23. The van der Waals surface area contributed by atoms with Crippen molar-refractivity contribution >= 4 is 23.2 Å². The Hall–Kier alpha value is -3.61. The van der Waals surface area contributed by atoms with E-state index in [-0.39, 0.29) is 11.8 Å². The number of carbonyl (C=O) groups is 2. The van der Waals surface area contributed by atoms with Crippen LogP contribution in [0.2, 0.25) is 0 Å². The summed E-state index contributed by atoms with van der Waals surface area (Å²) in [4.78, 5) is 26.5. The standard InChI is InChI=1S/C21H20N4O3/c1-28-17-9-7-14(8-10-17)20-18(13-22-24-20)21(27)23-15-4-2-5-16(12-15)25-11-3-6-19(25)26/h2,4-5,7-10,12-13H,3,6,11H2,1H3,(H,22,24)(H,23,27). The van der Waals surface area contributed by atoms with Crippen molar-refractivity contribution in [2.75, 3.05) is 23.9 Å². The number of hydrogen-bond donors (Lipinski definition) is 2. The second-order valence-electron chi connectivity index (χ2n) is 6.54. The number of amides is 2. The average Bonchev–Trinajstić information content (AvgIpc) is 3.37. The van der Waals surface area contributed by atoms with Crippen molar-refractivity contribution in [2.45, 2.75) is 12.8 Å². The predicted octanol–water partition coefficient (Wildman–Crippen LogP) is 3.46. The molecule has 28 heavy (non-hydrogen) atoms. The molecule has 3 aromatic rings. The van der Waals surface area contributed by atoms with Crippen molar-refractivity contribution < 1.29 is 14.3 Å². The molecule has 0 radical (unpaired) electrons. The van der Waals surface area contributed by atoms with Gasteiger partial charge in [-0.2, -0.15) is 5.10 Å². The third-order valence-electron chi connectivity index (χ3n) is 4.75. The zero-order chi connectivity index (χ0) is 19.5. The molecule has 2 heterocycles. The number of carbonyl (C=O) groups excluding carboxylic acids is 2. The number of hydrogen-bond acceptors (Lipinski definition) is 4. The first-order valence-electron chi connectivity index (χ1n) is 9.05. The van der Waals surface area contributed by atoms with E-state index >= 15 is 0 Å². The summed E-state index contributed by atoms with van der Waals surface area (Å²) >= 11 is 0. The number of benzene rings is 2. The van der Waals surface area contributed by atoms with Crippen molar-refractivity contribution in [1.82, 2.24) is 10.2 Å². The zero-order valence-electron chi connectivity index (χ0n) is 15.4. The molecule has 2 aromatic carbocycles. The van der Waals surface area contributed by atoms with Crippen molar-refractivity contribution in [3.63, 3.8) is 0 Å². The van der Waals surface area contributed by atoms with Crippen molar-refractivity contribution in [3.8, 4) is 17.0 Å². The fourth-order valence-electron chi connectivity index (χ4n) is 3.31. The van der Waals surface area contributed by atoms with Crippen molar-refractivity contribution in [1.29, 1.82) is 0 Å². The Labute approximate surface area is 162 Å². The zero-order valence-corrected chi connectivity index (χ0v) is 15.4. The van der Waals surface area contributed by atoms with Crippen LogP contribution in [0, 0.1) is 0 Å². The average molecular weight is 376 g/mol. The van der Waals surface area contributed by atoms with E-state index in [0.29, 0.717) is 29.9 Å². The van der Waals surface area contributed by atoms with E-state index in [9.17, 15) is 9.59 Å². The van der Waals surface area contributed by atoms with Crippen molar-refractivity contribution in [2.24, 2.45) is 0 Å². The molecular weight excluding hydrogens is 356 g/mol. The number of nitrogens with zero attached hydrogens (tertiary/aromatic N) is 2. The lowest BCUT2D eigenvalue weighted by Gasteiger charge is -2.16. The SMILES string of the molecule is COc1ccc(-c2[nH]ncc2C(=O)Nc2cccc(N3CCCC3=O)c2)cc1. The summed E-state index contributed by atoms with van der Waals surface area (Å²) in [5.41, 5.74) is 3.32. The van der Waals surface area contributed by atoms with Gasteiger partial charge in [0.05, 0.1) is 24.6 Å². The van der Waals surface area contributed by atoms with Gasteiger partial charge in [0, 0.05) is 29.9 Å². The van der Waals surface area contributed by atoms with Crippen LogP contribution in [-0.2, 0) is 4.79 Å². The van der Waals surface area contributed by atoms with Gasteiger partial charge in [0.25, 0.3) is 5.91 Å². The van der Waals surface area contributed by atoms with E-state index < -0.39 is 0 Å². The van der Waals surface area contributed by atoms with E-state index in [2.05, 4.69) is 15.5 Å². The van der Waals surface area contributed by atoms with Gasteiger partial charge in [-0.25, -0.2) is 0 Å². The van der Waals surface area contributed by atoms with E-state index in [1.165, 1.54) is 6.20 Å². The second kappa shape index (κ2) is 7.56. The minimum absolute atomic E-state index is 0.111. The lowest BCUT2D eigenvalue weighted by atomic mass is 10.1. The van der Waals surface area contributed by atoms with Gasteiger partial charge in [0.1, 0.15) is 5.75 Å². The molecule has 7 heteroatoms. The first kappa shape index (κ1) is 17.8. The van der Waals surface area contributed by atoms with E-state index in [4.69, 9.17) is 4.74 Å². The maximum Gasteiger partial charge on any atom is 0.259 e. The van der Waals surface area contributed by atoms with Crippen LogP contribution in [0.25, 0.3) is 11.3 Å². The topological polar surface area (TPSA) is 87.3 Å². The first-order chi connectivity index (χ1) is 13.7. The molecule has 142 valence electrons. The molecule has 0 bridgehead atoms. The summed E-state index contributed by atoms with van der Waals surface area (Å²) in [7, 11) is 1.61. The number of aromatic amines is 1. The highest BCUT2D eigenvalue weighted by Crippen LogP contribution is 2.27. The molecule has 0 unspecified atom stereocenters. The fourth-order valence-corrected chi connectivity index (χ4v) is 3.31. The van der Waals surface area contributed by atoms with Crippen LogP contribution in [0.4, 0.5) is 11.4 Å². The Morgan fingerprint density at radius 1 is 1.21 bits per heavy atom. The minimum atomic E-state index is -0.274. The van der Waals surface area contributed by atoms with Crippen LogP contribution >= 0.6 is 0 Å². The van der Waals surface area contributed by atoms with Gasteiger partial charge in [0.2, 0.25) is 5.91 Å². The molecule has 0 atom stereocenters. The van der Waals surface area contributed by atoms with Crippen LogP contribution in [0.3, 0.4) is 0 Å². The summed E-state index contributed by atoms with van der Waals surface area (Å²) in [6.07, 6.45) is 2.93. The lowest BCUT2D eigenvalue weighted by molar-refractivity contribution is -0.117. The van der Waals surface area contributed by atoms with Gasteiger partial charge in [-0.15, -0.1) is 0 Å². The quantitative estimate of drug-likeness (QED) is 0.714. The maximum atomic E-state index is 12.8. The van der Waals surface area contributed by atoms with E-state index in [1.807, 2.05) is 42.5 Å². The molecular formula is C21H20N4O3. The van der Waals surface area contributed by atoms with Gasteiger partial charge in [-0.3, -0.25) is 14.7 Å². The molecule has 7 nitrogen and oxygen atoms in total. The van der Waals surface area contributed by atoms with Crippen LogP contribution < -0.4 is 15.0 Å². The van der Waals surface area contributed by atoms with Gasteiger partial charge >= 0.3 is 0 Å².